The van der Waals surface area contributed by atoms with Gasteiger partial charge in [-0.1, -0.05) is 61.2 Å². The van der Waals surface area contributed by atoms with Crippen LogP contribution in [0.15, 0.2) is 65.3 Å². The van der Waals surface area contributed by atoms with Crippen molar-refractivity contribution >= 4 is 40.9 Å². The van der Waals surface area contributed by atoms with E-state index in [1.807, 2.05) is 49.4 Å². The molecular weight excluding hydrogens is 440 g/mol. The highest BCUT2D eigenvalue weighted by molar-refractivity contribution is 8.14. The Morgan fingerprint density at radius 1 is 1.12 bits per heavy atom. The molecule has 0 fully saturated rings. The molecule has 0 saturated heterocycles. The second kappa shape index (κ2) is 11.9. The van der Waals surface area contributed by atoms with E-state index in [4.69, 9.17) is 4.74 Å². The SMILES string of the molecule is CCCNC(=O)NC(=O)CSC1=N/C(=C\c2ccc(OC)cc2)C(=O)N1Cc1ccccc1. The summed E-state index contributed by atoms with van der Waals surface area (Å²) in [6, 6.07) is 16.3. The molecule has 2 N–H and O–H groups in total. The number of aliphatic imine (C=N–C) groups is 1. The number of nitrogens with one attached hydrogen (secondary N) is 2. The predicted octanol–water partition coefficient (Wildman–Crippen LogP) is 3.40. The highest BCUT2D eigenvalue weighted by Crippen LogP contribution is 2.26. The molecule has 0 aromatic heterocycles. The maximum Gasteiger partial charge on any atom is 0.321 e. The largest absolute Gasteiger partial charge is 0.497 e. The van der Waals surface area contributed by atoms with Crippen LogP contribution in [0.4, 0.5) is 4.79 Å². The van der Waals surface area contributed by atoms with Crippen molar-refractivity contribution in [2.24, 2.45) is 4.99 Å². The van der Waals surface area contributed by atoms with Crippen molar-refractivity contribution in [1.29, 1.82) is 0 Å². The molecule has 0 aliphatic carbocycles. The fraction of sp³-hybridized carbons (Fsp3) is 0.250. The first-order valence-electron chi connectivity index (χ1n) is 10.5. The molecule has 172 valence electrons. The van der Waals surface area contributed by atoms with Crippen LogP contribution >= 0.6 is 11.8 Å². The van der Waals surface area contributed by atoms with Gasteiger partial charge in [-0.25, -0.2) is 9.79 Å². The van der Waals surface area contributed by atoms with Crippen molar-refractivity contribution in [1.82, 2.24) is 15.5 Å². The van der Waals surface area contributed by atoms with Gasteiger partial charge in [-0.05, 0) is 35.8 Å². The number of nitrogens with zero attached hydrogens (tertiary/aromatic N) is 2. The van der Waals surface area contributed by atoms with E-state index < -0.39 is 11.9 Å². The predicted molar refractivity (Wildman–Crippen MR) is 130 cm³/mol. The number of carbonyl (C=O) groups is 3. The third-order valence-electron chi connectivity index (χ3n) is 4.63. The van der Waals surface area contributed by atoms with E-state index in [0.717, 1.165) is 29.3 Å². The van der Waals surface area contributed by atoms with Crippen LogP contribution in [0.3, 0.4) is 0 Å². The van der Waals surface area contributed by atoms with Crippen molar-refractivity contribution < 1.29 is 19.1 Å². The minimum atomic E-state index is -0.534. The number of benzene rings is 2. The molecule has 2 aromatic carbocycles. The molecule has 0 bridgehead atoms. The lowest BCUT2D eigenvalue weighted by molar-refractivity contribution is -0.123. The highest BCUT2D eigenvalue weighted by Gasteiger charge is 2.31. The number of imide groups is 1. The van der Waals surface area contributed by atoms with Gasteiger partial charge < -0.3 is 10.1 Å². The lowest BCUT2D eigenvalue weighted by Crippen LogP contribution is -2.41. The van der Waals surface area contributed by atoms with E-state index in [2.05, 4.69) is 15.6 Å². The monoisotopic (exact) mass is 466 g/mol. The summed E-state index contributed by atoms with van der Waals surface area (Å²) in [5.74, 6) is -0.0455. The summed E-state index contributed by atoms with van der Waals surface area (Å²) >= 11 is 1.11. The Morgan fingerprint density at radius 2 is 1.85 bits per heavy atom. The Labute approximate surface area is 197 Å². The number of methoxy groups -OCH3 is 1. The number of ether oxygens (including phenoxy) is 1. The van der Waals surface area contributed by atoms with E-state index in [0.29, 0.717) is 24.0 Å². The molecule has 0 saturated carbocycles. The van der Waals surface area contributed by atoms with E-state index in [9.17, 15) is 14.4 Å². The third-order valence-corrected chi connectivity index (χ3v) is 5.61. The van der Waals surface area contributed by atoms with E-state index in [1.165, 1.54) is 0 Å². The molecule has 3 rings (SSSR count). The zero-order valence-electron chi connectivity index (χ0n) is 18.5. The Morgan fingerprint density at radius 3 is 2.52 bits per heavy atom. The second-order valence-electron chi connectivity index (χ2n) is 7.17. The normalized spacial score (nSPS) is 14.2. The van der Waals surface area contributed by atoms with Gasteiger partial charge in [0.1, 0.15) is 11.4 Å². The number of thioether (sulfide) groups is 1. The van der Waals surface area contributed by atoms with Gasteiger partial charge in [-0.15, -0.1) is 0 Å². The standard InChI is InChI=1S/C24H26N4O4S/c1-3-13-25-23(31)27-21(29)16-33-24-26-20(14-17-9-11-19(32-2)12-10-17)22(30)28(24)15-18-7-5-4-6-8-18/h4-12,14H,3,13,15-16H2,1-2H3,(H2,25,27,29,31)/b20-14-. The zero-order chi connectivity index (χ0) is 23.6. The van der Waals surface area contributed by atoms with Crippen LogP contribution in [-0.2, 0) is 16.1 Å². The van der Waals surface area contributed by atoms with Crippen LogP contribution in [-0.4, -0.2) is 47.3 Å². The molecule has 4 amide bonds. The van der Waals surface area contributed by atoms with Crippen molar-refractivity contribution in [3.05, 3.63) is 71.4 Å². The minimum Gasteiger partial charge on any atom is -0.497 e. The van der Waals surface area contributed by atoms with Crippen LogP contribution in [0.25, 0.3) is 6.08 Å². The summed E-state index contributed by atoms with van der Waals surface area (Å²) in [5, 5.41) is 5.28. The van der Waals surface area contributed by atoms with Gasteiger partial charge in [-0.3, -0.25) is 19.8 Å². The highest BCUT2D eigenvalue weighted by atomic mass is 32.2. The summed E-state index contributed by atoms with van der Waals surface area (Å²) < 4.78 is 5.17. The van der Waals surface area contributed by atoms with Crippen molar-refractivity contribution in [3.8, 4) is 5.75 Å². The van der Waals surface area contributed by atoms with E-state index in [1.54, 1.807) is 30.2 Å². The molecule has 1 heterocycles. The van der Waals surface area contributed by atoms with Crippen LogP contribution in [0.1, 0.15) is 24.5 Å². The van der Waals surface area contributed by atoms with Crippen molar-refractivity contribution in [2.75, 3.05) is 19.4 Å². The van der Waals surface area contributed by atoms with Gasteiger partial charge >= 0.3 is 6.03 Å². The quantitative estimate of drug-likeness (QED) is 0.581. The summed E-state index contributed by atoms with van der Waals surface area (Å²) in [6.07, 6.45) is 2.47. The molecule has 0 radical (unpaired) electrons. The van der Waals surface area contributed by atoms with Crippen LogP contribution in [0.5, 0.6) is 5.75 Å². The molecule has 2 aromatic rings. The fourth-order valence-corrected chi connectivity index (χ4v) is 3.78. The zero-order valence-corrected chi connectivity index (χ0v) is 19.4. The number of hydrogen-bond donors (Lipinski definition) is 2. The van der Waals surface area contributed by atoms with Crippen LogP contribution in [0, 0.1) is 0 Å². The Hall–Kier alpha value is -3.59. The lowest BCUT2D eigenvalue weighted by atomic mass is 10.1. The van der Waals surface area contributed by atoms with Gasteiger partial charge in [0.05, 0.1) is 19.4 Å². The summed E-state index contributed by atoms with van der Waals surface area (Å²) in [7, 11) is 1.59. The number of amides is 4. The minimum absolute atomic E-state index is 0.0488. The third kappa shape index (κ3) is 6.95. The average molecular weight is 467 g/mol. The van der Waals surface area contributed by atoms with Crippen LogP contribution < -0.4 is 15.4 Å². The van der Waals surface area contributed by atoms with Gasteiger partial charge in [0, 0.05) is 6.54 Å². The summed E-state index contributed by atoms with van der Waals surface area (Å²) in [6.45, 7) is 2.73. The number of amidine groups is 1. The molecular formula is C24H26N4O4S. The fourth-order valence-electron chi connectivity index (χ4n) is 2.98. The number of rotatable bonds is 8. The molecule has 8 nitrogen and oxygen atoms in total. The average Bonchev–Trinajstić information content (AvgIpc) is 3.11. The Kier molecular flexibility index (Phi) is 8.65. The number of carbonyl (C=O) groups excluding carboxylic acids is 3. The van der Waals surface area contributed by atoms with Gasteiger partial charge in [0.2, 0.25) is 5.91 Å². The van der Waals surface area contributed by atoms with E-state index in [-0.39, 0.29) is 17.4 Å². The van der Waals surface area contributed by atoms with E-state index >= 15 is 0 Å². The molecule has 0 spiro atoms. The molecule has 0 atom stereocenters. The smallest absolute Gasteiger partial charge is 0.321 e. The second-order valence-corrected chi connectivity index (χ2v) is 8.11. The molecule has 1 aliphatic heterocycles. The Bertz CT molecular complexity index is 1050. The van der Waals surface area contributed by atoms with Crippen LogP contribution in [0.2, 0.25) is 0 Å². The molecule has 0 unspecified atom stereocenters. The van der Waals surface area contributed by atoms with Crippen molar-refractivity contribution in [3.63, 3.8) is 0 Å². The molecule has 9 heteroatoms. The first kappa shape index (κ1) is 24.1. The summed E-state index contributed by atoms with van der Waals surface area (Å²) in [5.41, 5.74) is 2.02. The summed E-state index contributed by atoms with van der Waals surface area (Å²) in [4.78, 5) is 43.0. The lowest BCUT2D eigenvalue weighted by Gasteiger charge is -2.17. The maximum atomic E-state index is 13.1. The molecule has 1 aliphatic rings. The number of hydrogen-bond acceptors (Lipinski definition) is 6. The first-order valence-corrected chi connectivity index (χ1v) is 11.5. The first-order chi connectivity index (χ1) is 16.0. The number of urea groups is 1. The van der Waals surface area contributed by atoms with Gasteiger partial charge in [-0.2, -0.15) is 0 Å². The topological polar surface area (TPSA) is 100 Å². The maximum absolute atomic E-state index is 13.1. The van der Waals surface area contributed by atoms with Crippen molar-refractivity contribution in [2.45, 2.75) is 19.9 Å². The molecule has 33 heavy (non-hydrogen) atoms. The van der Waals surface area contributed by atoms with Gasteiger partial charge in [0.15, 0.2) is 5.17 Å². The van der Waals surface area contributed by atoms with Gasteiger partial charge in [0.25, 0.3) is 5.91 Å². The Balaban J connectivity index is 1.75.